The Hall–Kier alpha value is -2.66. The number of para-hydroxylation sites is 3. The summed E-state index contributed by atoms with van der Waals surface area (Å²) in [5, 5.41) is 0. The van der Waals surface area contributed by atoms with Crippen LogP contribution in [0.1, 0.15) is 30.4 Å². The van der Waals surface area contributed by atoms with Gasteiger partial charge >= 0.3 is 0 Å². The number of aromatic nitrogens is 2. The Morgan fingerprint density at radius 2 is 1.81 bits per heavy atom. The molecule has 5 heteroatoms. The fourth-order valence-corrected chi connectivity index (χ4v) is 3.11. The molecule has 136 valence electrons. The Kier molecular flexibility index (Phi) is 5.68. The van der Waals surface area contributed by atoms with E-state index in [-0.39, 0.29) is 18.6 Å². The molecule has 0 saturated heterocycles. The molecule has 0 fully saturated rings. The average Bonchev–Trinajstić information content (AvgIpc) is 3.03. The first-order chi connectivity index (χ1) is 12.6. The van der Waals surface area contributed by atoms with Gasteiger partial charge in [-0.05, 0) is 44.8 Å². The van der Waals surface area contributed by atoms with Gasteiger partial charge in [0.05, 0.1) is 17.1 Å². The van der Waals surface area contributed by atoms with Crippen molar-refractivity contribution in [1.29, 1.82) is 0 Å². The molecule has 5 nitrogen and oxygen atoms in total. The van der Waals surface area contributed by atoms with Crippen LogP contribution in [0.2, 0.25) is 0 Å². The number of imidazole rings is 1. The molecule has 0 aliphatic carbocycles. The van der Waals surface area contributed by atoms with Crippen LogP contribution in [0.4, 0.5) is 0 Å². The lowest BCUT2D eigenvalue weighted by molar-refractivity contribution is 0.0774. The molecule has 1 heterocycles. The lowest BCUT2D eigenvalue weighted by Crippen LogP contribution is -2.39. The standard InChI is InChI=1S/C21H25N3O2/c1-4-10-19(23(2)3)21(25)24-18-14-9-8-13-17(18)22-20(24)15-26-16-11-6-5-7-12-16/h5-9,11-14,19H,4,10,15H2,1-3H3. The van der Waals surface area contributed by atoms with E-state index < -0.39 is 0 Å². The van der Waals surface area contributed by atoms with Gasteiger partial charge in [-0.2, -0.15) is 0 Å². The zero-order valence-electron chi connectivity index (χ0n) is 15.6. The maximum absolute atomic E-state index is 13.3. The Balaban J connectivity index is 1.97. The molecule has 0 spiro atoms. The van der Waals surface area contributed by atoms with E-state index in [1.807, 2.05) is 73.6 Å². The third kappa shape index (κ3) is 3.78. The van der Waals surface area contributed by atoms with E-state index in [1.54, 1.807) is 4.57 Å². The summed E-state index contributed by atoms with van der Waals surface area (Å²) < 4.78 is 7.58. The number of likely N-dealkylation sites (N-methyl/N-ethyl adjacent to an activating group) is 1. The van der Waals surface area contributed by atoms with E-state index in [0.29, 0.717) is 5.82 Å². The zero-order valence-corrected chi connectivity index (χ0v) is 15.6. The lowest BCUT2D eigenvalue weighted by atomic mass is 10.1. The van der Waals surface area contributed by atoms with Gasteiger partial charge in [-0.3, -0.25) is 14.3 Å². The number of ether oxygens (including phenoxy) is 1. The predicted molar refractivity (Wildman–Crippen MR) is 104 cm³/mol. The van der Waals surface area contributed by atoms with Crippen molar-refractivity contribution >= 4 is 16.9 Å². The SMILES string of the molecule is CCCC(C(=O)n1c(COc2ccccc2)nc2ccccc21)N(C)C. The van der Waals surface area contributed by atoms with E-state index in [2.05, 4.69) is 11.9 Å². The van der Waals surface area contributed by atoms with Crippen molar-refractivity contribution < 1.29 is 9.53 Å². The summed E-state index contributed by atoms with van der Waals surface area (Å²) in [6.07, 6.45) is 1.74. The quantitative estimate of drug-likeness (QED) is 0.646. The van der Waals surface area contributed by atoms with Gasteiger partial charge < -0.3 is 4.74 Å². The van der Waals surface area contributed by atoms with Gasteiger partial charge in [0, 0.05) is 0 Å². The van der Waals surface area contributed by atoms with Crippen LogP contribution in [-0.2, 0) is 6.61 Å². The lowest BCUT2D eigenvalue weighted by Gasteiger charge is -2.23. The molecule has 0 bridgehead atoms. The highest BCUT2D eigenvalue weighted by Gasteiger charge is 2.26. The highest BCUT2D eigenvalue weighted by molar-refractivity contribution is 5.94. The van der Waals surface area contributed by atoms with Crippen LogP contribution in [0.5, 0.6) is 5.75 Å². The normalized spacial score (nSPS) is 12.5. The fraction of sp³-hybridized carbons (Fsp3) is 0.333. The van der Waals surface area contributed by atoms with Crippen LogP contribution in [0, 0.1) is 0 Å². The van der Waals surface area contributed by atoms with Crippen molar-refractivity contribution in [3.05, 3.63) is 60.4 Å². The van der Waals surface area contributed by atoms with Crippen LogP contribution >= 0.6 is 0 Å². The first-order valence-electron chi connectivity index (χ1n) is 8.96. The number of hydrogen-bond donors (Lipinski definition) is 0. The number of fused-ring (bicyclic) bond motifs is 1. The van der Waals surface area contributed by atoms with Crippen molar-refractivity contribution in [3.8, 4) is 5.75 Å². The summed E-state index contributed by atoms with van der Waals surface area (Å²) in [7, 11) is 3.88. The largest absolute Gasteiger partial charge is 0.486 e. The van der Waals surface area contributed by atoms with Crippen LogP contribution in [0.25, 0.3) is 11.0 Å². The second-order valence-electron chi connectivity index (χ2n) is 6.56. The van der Waals surface area contributed by atoms with Gasteiger partial charge in [0.2, 0.25) is 5.91 Å². The Morgan fingerprint density at radius 1 is 1.12 bits per heavy atom. The van der Waals surface area contributed by atoms with Crippen molar-refractivity contribution in [2.45, 2.75) is 32.4 Å². The van der Waals surface area contributed by atoms with Crippen molar-refractivity contribution in [2.75, 3.05) is 14.1 Å². The zero-order chi connectivity index (χ0) is 18.5. The van der Waals surface area contributed by atoms with E-state index in [4.69, 9.17) is 4.74 Å². The second-order valence-corrected chi connectivity index (χ2v) is 6.56. The molecule has 2 aromatic carbocycles. The third-order valence-corrected chi connectivity index (χ3v) is 4.43. The minimum atomic E-state index is -0.187. The molecule has 0 saturated carbocycles. The molecule has 1 atom stereocenters. The van der Waals surface area contributed by atoms with Crippen LogP contribution in [0.15, 0.2) is 54.6 Å². The van der Waals surface area contributed by atoms with Crippen molar-refractivity contribution in [3.63, 3.8) is 0 Å². The number of nitrogens with zero attached hydrogens (tertiary/aromatic N) is 3. The van der Waals surface area contributed by atoms with Gasteiger partial charge in [0.1, 0.15) is 12.4 Å². The summed E-state index contributed by atoms with van der Waals surface area (Å²) in [6, 6.07) is 17.1. The molecule has 0 radical (unpaired) electrons. The minimum Gasteiger partial charge on any atom is -0.486 e. The average molecular weight is 351 g/mol. The van der Waals surface area contributed by atoms with E-state index >= 15 is 0 Å². The molecule has 0 aliphatic rings. The smallest absolute Gasteiger partial charge is 0.249 e. The van der Waals surface area contributed by atoms with Crippen molar-refractivity contribution in [2.24, 2.45) is 0 Å². The molecular weight excluding hydrogens is 326 g/mol. The third-order valence-electron chi connectivity index (χ3n) is 4.43. The van der Waals surface area contributed by atoms with Crippen LogP contribution < -0.4 is 4.74 Å². The van der Waals surface area contributed by atoms with E-state index in [0.717, 1.165) is 29.6 Å². The van der Waals surface area contributed by atoms with Crippen LogP contribution in [-0.4, -0.2) is 40.5 Å². The molecule has 0 amide bonds. The Morgan fingerprint density at radius 3 is 2.50 bits per heavy atom. The predicted octanol–water partition coefficient (Wildman–Crippen LogP) is 3.99. The van der Waals surface area contributed by atoms with Gasteiger partial charge in [-0.1, -0.05) is 43.7 Å². The fourth-order valence-electron chi connectivity index (χ4n) is 3.11. The summed E-state index contributed by atoms with van der Waals surface area (Å²) in [5.41, 5.74) is 1.63. The minimum absolute atomic E-state index is 0.0391. The number of benzene rings is 2. The van der Waals surface area contributed by atoms with Gasteiger partial charge in [-0.15, -0.1) is 0 Å². The molecular formula is C21H25N3O2. The number of rotatable bonds is 7. The van der Waals surface area contributed by atoms with E-state index in [1.165, 1.54) is 0 Å². The maximum atomic E-state index is 13.3. The second kappa shape index (κ2) is 8.15. The topological polar surface area (TPSA) is 47.4 Å². The number of carbonyl (C=O) groups is 1. The van der Waals surface area contributed by atoms with Gasteiger partial charge in [0.25, 0.3) is 0 Å². The van der Waals surface area contributed by atoms with Crippen molar-refractivity contribution in [1.82, 2.24) is 14.5 Å². The Labute approximate surface area is 154 Å². The van der Waals surface area contributed by atoms with E-state index in [9.17, 15) is 4.79 Å². The Bertz CT molecular complexity index is 871. The summed E-state index contributed by atoms with van der Waals surface area (Å²) in [5.74, 6) is 1.43. The molecule has 1 unspecified atom stereocenters. The van der Waals surface area contributed by atoms with Gasteiger partial charge in [-0.25, -0.2) is 4.98 Å². The molecule has 3 aromatic rings. The highest BCUT2D eigenvalue weighted by atomic mass is 16.5. The highest BCUT2D eigenvalue weighted by Crippen LogP contribution is 2.20. The monoisotopic (exact) mass is 351 g/mol. The summed E-state index contributed by atoms with van der Waals surface area (Å²) >= 11 is 0. The maximum Gasteiger partial charge on any atom is 0.249 e. The first kappa shape index (κ1) is 18.1. The summed E-state index contributed by atoms with van der Waals surface area (Å²) in [6.45, 7) is 2.34. The first-order valence-corrected chi connectivity index (χ1v) is 8.96. The van der Waals surface area contributed by atoms with Crippen LogP contribution in [0.3, 0.4) is 0 Å². The molecule has 26 heavy (non-hydrogen) atoms. The molecule has 0 aliphatic heterocycles. The molecule has 3 rings (SSSR count). The van der Waals surface area contributed by atoms with Gasteiger partial charge in [0.15, 0.2) is 5.82 Å². The molecule has 0 N–H and O–H groups in total. The number of hydrogen-bond acceptors (Lipinski definition) is 4. The molecule has 1 aromatic heterocycles. The summed E-state index contributed by atoms with van der Waals surface area (Å²) in [4.78, 5) is 19.9. The number of carbonyl (C=O) groups excluding carboxylic acids is 1.